The normalized spacial score (nSPS) is 10.7. The second-order valence-corrected chi connectivity index (χ2v) is 5.14. The van der Waals surface area contributed by atoms with Crippen LogP contribution in [0.2, 0.25) is 0 Å². The van der Waals surface area contributed by atoms with Gasteiger partial charge in [-0.1, -0.05) is 56.5 Å². The Labute approximate surface area is 120 Å². The highest BCUT2D eigenvalue weighted by atomic mass is 16.3. The van der Waals surface area contributed by atoms with Crippen LogP contribution in [0.1, 0.15) is 38.2 Å². The quantitative estimate of drug-likeness (QED) is 0.734. The van der Waals surface area contributed by atoms with Gasteiger partial charge in [-0.05, 0) is 30.5 Å². The molecule has 2 heteroatoms. The first-order valence-electron chi connectivity index (χ1n) is 7.33. The van der Waals surface area contributed by atoms with Gasteiger partial charge >= 0.3 is 0 Å². The lowest BCUT2D eigenvalue weighted by Crippen LogP contribution is -1.91. The Morgan fingerprint density at radius 1 is 0.850 bits per heavy atom. The van der Waals surface area contributed by atoms with Gasteiger partial charge in [-0.3, -0.25) is 0 Å². The van der Waals surface area contributed by atoms with E-state index in [1.54, 1.807) is 12.1 Å². The zero-order chi connectivity index (χ0) is 14.4. The van der Waals surface area contributed by atoms with Crippen molar-refractivity contribution in [3.05, 3.63) is 48.0 Å². The molecule has 0 heterocycles. The van der Waals surface area contributed by atoms with Crippen LogP contribution in [0.15, 0.2) is 42.5 Å². The van der Waals surface area contributed by atoms with Gasteiger partial charge in [0.2, 0.25) is 0 Å². The molecule has 0 bridgehead atoms. The van der Waals surface area contributed by atoms with Crippen molar-refractivity contribution in [2.45, 2.75) is 39.0 Å². The molecule has 0 saturated heterocycles. The van der Waals surface area contributed by atoms with Crippen LogP contribution in [0, 0.1) is 0 Å². The zero-order valence-corrected chi connectivity index (χ0v) is 12.0. The molecule has 0 aromatic heterocycles. The minimum Gasteiger partial charge on any atom is -0.508 e. The molecule has 20 heavy (non-hydrogen) atoms. The third-order valence-electron chi connectivity index (χ3n) is 3.62. The van der Waals surface area contributed by atoms with Crippen LogP contribution < -0.4 is 0 Å². The summed E-state index contributed by atoms with van der Waals surface area (Å²) in [6.45, 7) is 2.17. The molecule has 0 atom stereocenters. The fourth-order valence-electron chi connectivity index (χ4n) is 2.45. The fraction of sp³-hybridized carbons (Fsp3) is 0.333. The monoisotopic (exact) mass is 270 g/mol. The number of hydrogen-bond acceptors (Lipinski definition) is 2. The Kier molecular flexibility index (Phi) is 5.05. The van der Waals surface area contributed by atoms with Crippen LogP contribution in [-0.2, 0) is 6.42 Å². The van der Waals surface area contributed by atoms with Crippen LogP contribution in [0.5, 0.6) is 11.5 Å². The highest BCUT2D eigenvalue weighted by Gasteiger charge is 2.13. The lowest BCUT2D eigenvalue weighted by molar-refractivity contribution is 0.437. The SMILES string of the molecule is CCCCCCc1c(O)ccc(-c2ccccc2)c1O. The minimum atomic E-state index is 0.193. The molecule has 2 aromatic carbocycles. The molecule has 0 unspecified atom stereocenters. The van der Waals surface area contributed by atoms with Gasteiger partial charge in [-0.15, -0.1) is 0 Å². The van der Waals surface area contributed by atoms with Crippen LogP contribution in [0.3, 0.4) is 0 Å². The summed E-state index contributed by atoms with van der Waals surface area (Å²) in [4.78, 5) is 0. The molecule has 0 saturated carbocycles. The number of phenolic OH excluding ortho intramolecular Hbond substituents is 2. The largest absolute Gasteiger partial charge is 0.508 e. The van der Waals surface area contributed by atoms with E-state index in [-0.39, 0.29) is 11.5 Å². The van der Waals surface area contributed by atoms with Crippen molar-refractivity contribution < 1.29 is 10.2 Å². The summed E-state index contributed by atoms with van der Waals surface area (Å²) in [5.41, 5.74) is 2.43. The number of rotatable bonds is 6. The molecular weight excluding hydrogens is 248 g/mol. The van der Waals surface area contributed by atoms with Crippen LogP contribution >= 0.6 is 0 Å². The van der Waals surface area contributed by atoms with Gasteiger partial charge in [0, 0.05) is 11.1 Å². The van der Waals surface area contributed by atoms with Gasteiger partial charge in [0.1, 0.15) is 11.5 Å². The zero-order valence-electron chi connectivity index (χ0n) is 12.0. The van der Waals surface area contributed by atoms with E-state index in [1.165, 1.54) is 12.8 Å². The predicted molar refractivity (Wildman–Crippen MR) is 83.1 cm³/mol. The van der Waals surface area contributed by atoms with Crippen LogP contribution in [0.4, 0.5) is 0 Å². The summed E-state index contributed by atoms with van der Waals surface area (Å²) in [6.07, 6.45) is 5.22. The summed E-state index contributed by atoms with van der Waals surface area (Å²) in [5.74, 6) is 0.409. The highest BCUT2D eigenvalue weighted by Crippen LogP contribution is 2.37. The second-order valence-electron chi connectivity index (χ2n) is 5.14. The smallest absolute Gasteiger partial charge is 0.130 e. The number of phenols is 2. The number of benzene rings is 2. The van der Waals surface area contributed by atoms with Crippen molar-refractivity contribution in [3.63, 3.8) is 0 Å². The molecule has 2 nitrogen and oxygen atoms in total. The second kappa shape index (κ2) is 6.99. The van der Waals surface area contributed by atoms with Crippen molar-refractivity contribution >= 4 is 0 Å². The third kappa shape index (κ3) is 3.32. The maximum atomic E-state index is 10.4. The maximum Gasteiger partial charge on any atom is 0.130 e. The van der Waals surface area contributed by atoms with Crippen LogP contribution in [0.25, 0.3) is 11.1 Å². The molecule has 0 spiro atoms. The molecule has 0 aliphatic heterocycles. The number of unbranched alkanes of at least 4 members (excludes halogenated alkanes) is 3. The molecule has 0 radical (unpaired) electrons. The first-order chi connectivity index (χ1) is 9.74. The molecule has 0 amide bonds. The van der Waals surface area contributed by atoms with Crippen molar-refractivity contribution in [2.24, 2.45) is 0 Å². The fourth-order valence-corrected chi connectivity index (χ4v) is 2.45. The molecule has 106 valence electrons. The Morgan fingerprint density at radius 3 is 2.30 bits per heavy atom. The molecular formula is C18H22O2. The maximum absolute atomic E-state index is 10.4. The summed E-state index contributed by atoms with van der Waals surface area (Å²) < 4.78 is 0. The topological polar surface area (TPSA) is 40.5 Å². The van der Waals surface area contributed by atoms with Crippen molar-refractivity contribution in [1.82, 2.24) is 0 Å². The lowest BCUT2D eigenvalue weighted by Gasteiger charge is -2.12. The average molecular weight is 270 g/mol. The van der Waals surface area contributed by atoms with Gasteiger partial charge in [-0.2, -0.15) is 0 Å². The van der Waals surface area contributed by atoms with Crippen molar-refractivity contribution in [1.29, 1.82) is 0 Å². The van der Waals surface area contributed by atoms with Gasteiger partial charge in [0.25, 0.3) is 0 Å². The number of hydrogen-bond donors (Lipinski definition) is 2. The van der Waals surface area contributed by atoms with Crippen molar-refractivity contribution in [2.75, 3.05) is 0 Å². The summed E-state index contributed by atoms with van der Waals surface area (Å²) in [5, 5.41) is 20.4. The van der Waals surface area contributed by atoms with E-state index in [0.29, 0.717) is 5.56 Å². The van der Waals surface area contributed by atoms with E-state index in [1.807, 2.05) is 30.3 Å². The van der Waals surface area contributed by atoms with Gasteiger partial charge < -0.3 is 10.2 Å². The molecule has 0 fully saturated rings. The van der Waals surface area contributed by atoms with Gasteiger partial charge in [-0.25, -0.2) is 0 Å². The Hall–Kier alpha value is -1.96. The van der Waals surface area contributed by atoms with E-state index in [4.69, 9.17) is 0 Å². The molecule has 0 aliphatic rings. The van der Waals surface area contributed by atoms with Crippen molar-refractivity contribution in [3.8, 4) is 22.6 Å². The third-order valence-corrected chi connectivity index (χ3v) is 3.62. The van der Waals surface area contributed by atoms with E-state index in [2.05, 4.69) is 6.92 Å². The molecule has 2 aromatic rings. The molecule has 2 rings (SSSR count). The first kappa shape index (κ1) is 14.4. The highest BCUT2D eigenvalue weighted by molar-refractivity contribution is 5.73. The first-order valence-corrected chi connectivity index (χ1v) is 7.33. The van der Waals surface area contributed by atoms with E-state index in [9.17, 15) is 10.2 Å². The standard InChI is InChI=1S/C18H22O2/c1-2-3-4-8-11-16-17(19)13-12-15(18(16)20)14-9-6-5-7-10-14/h5-7,9-10,12-13,19-20H,2-4,8,11H2,1H3. The lowest BCUT2D eigenvalue weighted by atomic mass is 9.97. The van der Waals surface area contributed by atoms with E-state index >= 15 is 0 Å². The summed E-state index contributed by atoms with van der Waals surface area (Å²) in [7, 11) is 0. The number of aromatic hydroxyl groups is 2. The predicted octanol–water partition coefficient (Wildman–Crippen LogP) is 4.89. The van der Waals surface area contributed by atoms with E-state index in [0.717, 1.165) is 30.4 Å². The minimum absolute atomic E-state index is 0.193. The molecule has 2 N–H and O–H groups in total. The summed E-state index contributed by atoms with van der Waals surface area (Å²) in [6, 6.07) is 13.2. The Bertz CT molecular complexity index is 547. The Morgan fingerprint density at radius 2 is 1.60 bits per heavy atom. The van der Waals surface area contributed by atoms with Crippen LogP contribution in [-0.4, -0.2) is 10.2 Å². The van der Waals surface area contributed by atoms with Gasteiger partial charge in [0.15, 0.2) is 0 Å². The van der Waals surface area contributed by atoms with Gasteiger partial charge in [0.05, 0.1) is 0 Å². The summed E-state index contributed by atoms with van der Waals surface area (Å²) >= 11 is 0. The molecule has 0 aliphatic carbocycles. The average Bonchev–Trinajstić information content (AvgIpc) is 2.47. The Balaban J connectivity index is 2.24. The van der Waals surface area contributed by atoms with E-state index < -0.39 is 0 Å².